The fourth-order valence-electron chi connectivity index (χ4n) is 2.21. The molecule has 1 amide bonds. The second-order valence-electron chi connectivity index (χ2n) is 5.04. The number of hydrogen-bond donors (Lipinski definition) is 1. The van der Waals surface area contributed by atoms with E-state index in [0.717, 1.165) is 11.1 Å². The van der Waals surface area contributed by atoms with Gasteiger partial charge in [-0.3, -0.25) is 14.7 Å². The molecule has 0 aliphatic carbocycles. The molecule has 1 aromatic carbocycles. The number of thiocarbonyl (C=S) groups is 1. The van der Waals surface area contributed by atoms with E-state index in [1.54, 1.807) is 29.4 Å². The standard InChI is InChI=1S/C17H14N2O2S2/c20-14-5-3-12(4-6-14)7-9-19-16(21)15(23-17(19)22)10-13-2-1-8-18-11-13/h1-6,8,10-11,20H,7,9H2/b15-10+. The number of thioether (sulfide) groups is 1. The van der Waals surface area contributed by atoms with E-state index >= 15 is 0 Å². The Balaban J connectivity index is 1.69. The molecule has 0 unspecified atom stereocenters. The van der Waals surface area contributed by atoms with Crippen molar-refractivity contribution < 1.29 is 9.90 Å². The maximum atomic E-state index is 12.5. The monoisotopic (exact) mass is 342 g/mol. The number of phenolic OH excluding ortho intramolecular Hbond substituents is 1. The minimum absolute atomic E-state index is 0.0670. The van der Waals surface area contributed by atoms with Crippen molar-refractivity contribution in [3.8, 4) is 5.75 Å². The molecule has 2 heterocycles. The van der Waals surface area contributed by atoms with Crippen LogP contribution in [0.5, 0.6) is 5.75 Å². The predicted octanol–water partition coefficient (Wildman–Crippen LogP) is 3.23. The van der Waals surface area contributed by atoms with E-state index in [1.165, 1.54) is 11.8 Å². The summed E-state index contributed by atoms with van der Waals surface area (Å²) in [6, 6.07) is 10.7. The topological polar surface area (TPSA) is 53.4 Å². The second kappa shape index (κ2) is 6.93. The van der Waals surface area contributed by atoms with E-state index in [-0.39, 0.29) is 11.7 Å². The van der Waals surface area contributed by atoms with Crippen molar-refractivity contribution in [3.05, 3.63) is 64.8 Å². The number of phenols is 1. The number of carbonyl (C=O) groups excluding carboxylic acids is 1. The maximum Gasteiger partial charge on any atom is 0.266 e. The quantitative estimate of drug-likeness (QED) is 0.683. The molecule has 1 saturated heterocycles. The van der Waals surface area contributed by atoms with Gasteiger partial charge in [-0.1, -0.05) is 42.2 Å². The van der Waals surface area contributed by atoms with Crippen molar-refractivity contribution in [2.24, 2.45) is 0 Å². The molecular weight excluding hydrogens is 328 g/mol. The average molecular weight is 342 g/mol. The molecule has 1 aliphatic heterocycles. The van der Waals surface area contributed by atoms with E-state index in [4.69, 9.17) is 12.2 Å². The summed E-state index contributed by atoms with van der Waals surface area (Å²) in [5.41, 5.74) is 1.93. The summed E-state index contributed by atoms with van der Waals surface area (Å²) in [6.07, 6.45) is 5.91. The minimum atomic E-state index is -0.0670. The number of amides is 1. The molecule has 0 radical (unpaired) electrons. The third kappa shape index (κ3) is 3.78. The van der Waals surface area contributed by atoms with Crippen LogP contribution in [0.4, 0.5) is 0 Å². The van der Waals surface area contributed by atoms with Crippen LogP contribution in [0.25, 0.3) is 6.08 Å². The highest BCUT2D eigenvalue weighted by Gasteiger charge is 2.31. The third-order valence-corrected chi connectivity index (χ3v) is 4.79. The molecule has 0 atom stereocenters. The van der Waals surface area contributed by atoms with E-state index in [0.29, 0.717) is 22.2 Å². The lowest BCUT2D eigenvalue weighted by atomic mass is 10.1. The Morgan fingerprint density at radius 1 is 1.26 bits per heavy atom. The summed E-state index contributed by atoms with van der Waals surface area (Å²) in [6.45, 7) is 0.528. The molecule has 3 rings (SSSR count). The molecular formula is C17H14N2O2S2. The smallest absolute Gasteiger partial charge is 0.266 e. The molecule has 1 aromatic heterocycles. The predicted molar refractivity (Wildman–Crippen MR) is 95.9 cm³/mol. The Labute approximate surface area is 143 Å². The SMILES string of the molecule is O=C1/C(=C\c2cccnc2)SC(=S)N1CCc1ccc(O)cc1. The normalized spacial score (nSPS) is 16.3. The van der Waals surface area contributed by atoms with Crippen LogP contribution in [0.15, 0.2) is 53.7 Å². The summed E-state index contributed by atoms with van der Waals surface area (Å²) in [4.78, 5) is 18.8. The first-order valence-corrected chi connectivity index (χ1v) is 8.29. The number of hydrogen-bond acceptors (Lipinski definition) is 5. The number of pyridine rings is 1. The van der Waals surface area contributed by atoms with Crippen LogP contribution in [-0.2, 0) is 11.2 Å². The van der Waals surface area contributed by atoms with Crippen LogP contribution in [0, 0.1) is 0 Å². The average Bonchev–Trinajstić information content (AvgIpc) is 2.82. The van der Waals surface area contributed by atoms with Crippen molar-refractivity contribution in [3.63, 3.8) is 0 Å². The van der Waals surface area contributed by atoms with Gasteiger partial charge in [-0.25, -0.2) is 0 Å². The summed E-state index contributed by atoms with van der Waals surface area (Å²) in [5.74, 6) is 0.168. The molecule has 1 N–H and O–H groups in total. The summed E-state index contributed by atoms with van der Waals surface area (Å²) < 4.78 is 0.573. The van der Waals surface area contributed by atoms with Gasteiger partial charge in [-0.15, -0.1) is 0 Å². The lowest BCUT2D eigenvalue weighted by Gasteiger charge is -2.14. The minimum Gasteiger partial charge on any atom is -0.508 e. The zero-order chi connectivity index (χ0) is 16.2. The highest BCUT2D eigenvalue weighted by Crippen LogP contribution is 2.32. The van der Waals surface area contributed by atoms with Crippen molar-refractivity contribution >= 4 is 40.3 Å². The van der Waals surface area contributed by atoms with Gasteiger partial charge in [0.05, 0.1) is 4.91 Å². The maximum absolute atomic E-state index is 12.5. The van der Waals surface area contributed by atoms with Crippen LogP contribution >= 0.6 is 24.0 Å². The van der Waals surface area contributed by atoms with Gasteiger partial charge in [0.2, 0.25) is 0 Å². The van der Waals surface area contributed by atoms with Gasteiger partial charge in [-0.05, 0) is 41.8 Å². The van der Waals surface area contributed by atoms with Gasteiger partial charge in [0.1, 0.15) is 10.1 Å². The van der Waals surface area contributed by atoms with Gasteiger partial charge < -0.3 is 5.11 Å². The van der Waals surface area contributed by atoms with Crippen LogP contribution in [0.3, 0.4) is 0 Å². The zero-order valence-corrected chi connectivity index (χ0v) is 13.8. The lowest BCUT2D eigenvalue weighted by molar-refractivity contribution is -0.122. The van der Waals surface area contributed by atoms with Gasteiger partial charge in [-0.2, -0.15) is 0 Å². The van der Waals surface area contributed by atoms with E-state index in [1.807, 2.05) is 30.3 Å². The zero-order valence-electron chi connectivity index (χ0n) is 12.2. The first kappa shape index (κ1) is 15.7. The number of rotatable bonds is 4. The van der Waals surface area contributed by atoms with Gasteiger partial charge in [0, 0.05) is 18.9 Å². The van der Waals surface area contributed by atoms with E-state index in [2.05, 4.69) is 4.98 Å². The summed E-state index contributed by atoms with van der Waals surface area (Å²) in [5, 5.41) is 9.29. The van der Waals surface area contributed by atoms with Gasteiger partial charge in [0.15, 0.2) is 0 Å². The summed E-state index contributed by atoms with van der Waals surface area (Å²) >= 11 is 6.63. The Kier molecular flexibility index (Phi) is 4.73. The highest BCUT2D eigenvalue weighted by atomic mass is 32.2. The highest BCUT2D eigenvalue weighted by molar-refractivity contribution is 8.26. The van der Waals surface area contributed by atoms with Crippen molar-refractivity contribution in [1.82, 2.24) is 9.88 Å². The van der Waals surface area contributed by atoms with Crippen LogP contribution in [0.1, 0.15) is 11.1 Å². The third-order valence-electron chi connectivity index (χ3n) is 3.42. The number of aromatic nitrogens is 1. The fourth-order valence-corrected chi connectivity index (χ4v) is 3.52. The molecule has 1 aliphatic rings. The van der Waals surface area contributed by atoms with E-state index < -0.39 is 0 Å². The Hall–Kier alpha value is -2.18. The largest absolute Gasteiger partial charge is 0.508 e. The van der Waals surface area contributed by atoms with Gasteiger partial charge >= 0.3 is 0 Å². The molecule has 2 aromatic rings. The Morgan fingerprint density at radius 3 is 2.74 bits per heavy atom. The van der Waals surface area contributed by atoms with Crippen LogP contribution in [0.2, 0.25) is 0 Å². The second-order valence-corrected chi connectivity index (χ2v) is 6.71. The summed E-state index contributed by atoms with van der Waals surface area (Å²) in [7, 11) is 0. The van der Waals surface area contributed by atoms with Gasteiger partial charge in [0.25, 0.3) is 5.91 Å². The molecule has 116 valence electrons. The first-order valence-electron chi connectivity index (χ1n) is 7.07. The first-order chi connectivity index (χ1) is 11.1. The lowest BCUT2D eigenvalue weighted by Crippen LogP contribution is -2.30. The Bertz CT molecular complexity index is 758. The number of nitrogens with zero attached hydrogens (tertiary/aromatic N) is 2. The van der Waals surface area contributed by atoms with Crippen LogP contribution < -0.4 is 0 Å². The number of aromatic hydroxyl groups is 1. The molecule has 4 nitrogen and oxygen atoms in total. The molecule has 6 heteroatoms. The molecule has 0 spiro atoms. The fraction of sp³-hybridized carbons (Fsp3) is 0.118. The van der Waals surface area contributed by atoms with Crippen LogP contribution in [-0.4, -0.2) is 31.8 Å². The van der Waals surface area contributed by atoms with Crippen molar-refractivity contribution in [1.29, 1.82) is 0 Å². The molecule has 23 heavy (non-hydrogen) atoms. The van der Waals surface area contributed by atoms with E-state index in [9.17, 15) is 9.90 Å². The molecule has 0 saturated carbocycles. The molecule has 0 bridgehead atoms. The number of carbonyl (C=O) groups is 1. The Morgan fingerprint density at radius 2 is 2.04 bits per heavy atom. The number of benzene rings is 1. The van der Waals surface area contributed by atoms with Crippen molar-refractivity contribution in [2.75, 3.05) is 6.54 Å². The molecule has 1 fully saturated rings. The van der Waals surface area contributed by atoms with Crippen molar-refractivity contribution in [2.45, 2.75) is 6.42 Å².